The third-order valence-electron chi connectivity index (χ3n) is 2.82. The zero-order valence-corrected chi connectivity index (χ0v) is 10.4. The fraction of sp³-hybridized carbons (Fsp3) is 0.909. The van der Waals surface area contributed by atoms with Crippen LogP contribution in [0.4, 0.5) is 0 Å². The minimum atomic E-state index is -0.166. The minimum Gasteiger partial charge on any atom is -0.468 e. The second-order valence-electron chi connectivity index (χ2n) is 3.84. The van der Waals surface area contributed by atoms with Crippen molar-refractivity contribution in [2.75, 3.05) is 19.4 Å². The molecule has 0 aromatic heterocycles. The maximum atomic E-state index is 11.0. The Morgan fingerprint density at radius 1 is 1.47 bits per heavy atom. The first-order valence-corrected chi connectivity index (χ1v) is 6.74. The van der Waals surface area contributed by atoms with Gasteiger partial charge >= 0.3 is 5.97 Å². The average molecular weight is 231 g/mol. The van der Waals surface area contributed by atoms with Gasteiger partial charge in [0.05, 0.1) is 13.7 Å². The number of hydrogen-bond donors (Lipinski definition) is 1. The second kappa shape index (κ2) is 7.12. The average Bonchev–Trinajstić information content (AvgIpc) is 2.28. The fourth-order valence-corrected chi connectivity index (χ4v) is 3.26. The monoisotopic (exact) mass is 231 g/mol. The van der Waals surface area contributed by atoms with E-state index >= 15 is 0 Å². The molecular formula is C11H21NO2S. The van der Waals surface area contributed by atoms with E-state index in [4.69, 9.17) is 0 Å². The number of nitrogens with one attached hydrogen (secondary N) is 1. The zero-order valence-electron chi connectivity index (χ0n) is 9.62. The molecule has 0 aromatic carbocycles. The molecule has 0 unspecified atom stereocenters. The Balaban J connectivity index is 2.32. The smallest absolute Gasteiger partial charge is 0.319 e. The Kier molecular flexibility index (Phi) is 6.10. The normalized spacial score (nSPS) is 26.3. The van der Waals surface area contributed by atoms with E-state index < -0.39 is 0 Å². The van der Waals surface area contributed by atoms with Crippen molar-refractivity contribution in [3.05, 3.63) is 0 Å². The summed E-state index contributed by atoms with van der Waals surface area (Å²) >= 11 is 2.00. The Morgan fingerprint density at radius 2 is 2.20 bits per heavy atom. The Bertz CT molecular complexity index is 197. The summed E-state index contributed by atoms with van der Waals surface area (Å²) in [6.07, 6.45) is 5.07. The van der Waals surface area contributed by atoms with Crippen molar-refractivity contribution in [1.82, 2.24) is 5.32 Å². The highest BCUT2D eigenvalue weighted by Crippen LogP contribution is 2.28. The number of thioether (sulfide) groups is 1. The summed E-state index contributed by atoms with van der Waals surface area (Å²) in [5.74, 6) is 0.988. The Labute approximate surface area is 96.3 Å². The maximum Gasteiger partial charge on any atom is 0.319 e. The van der Waals surface area contributed by atoms with E-state index in [1.807, 2.05) is 11.8 Å². The van der Waals surface area contributed by atoms with Crippen LogP contribution in [0.3, 0.4) is 0 Å². The molecule has 0 aliphatic heterocycles. The van der Waals surface area contributed by atoms with Crippen molar-refractivity contribution in [3.8, 4) is 0 Å². The van der Waals surface area contributed by atoms with Crippen molar-refractivity contribution >= 4 is 17.7 Å². The van der Waals surface area contributed by atoms with Gasteiger partial charge < -0.3 is 10.1 Å². The van der Waals surface area contributed by atoms with E-state index in [9.17, 15) is 4.79 Å². The molecule has 3 nitrogen and oxygen atoms in total. The Morgan fingerprint density at radius 3 is 2.87 bits per heavy atom. The highest BCUT2D eigenvalue weighted by atomic mass is 32.2. The van der Waals surface area contributed by atoms with Gasteiger partial charge in [-0.15, -0.1) is 0 Å². The molecule has 1 rings (SSSR count). The maximum absolute atomic E-state index is 11.0. The molecule has 1 aliphatic rings. The van der Waals surface area contributed by atoms with E-state index in [1.165, 1.54) is 32.8 Å². The highest BCUT2D eigenvalue weighted by Gasteiger charge is 2.24. The first-order chi connectivity index (χ1) is 7.27. The number of hydrogen-bond acceptors (Lipinski definition) is 4. The topological polar surface area (TPSA) is 38.3 Å². The van der Waals surface area contributed by atoms with Gasteiger partial charge in [0.25, 0.3) is 0 Å². The predicted octanol–water partition coefficient (Wildman–Crippen LogP) is 1.81. The lowest BCUT2D eigenvalue weighted by Gasteiger charge is -2.31. The van der Waals surface area contributed by atoms with Crippen LogP contribution in [0.1, 0.15) is 32.6 Å². The van der Waals surface area contributed by atoms with Gasteiger partial charge in [-0.1, -0.05) is 19.8 Å². The van der Waals surface area contributed by atoms with Gasteiger partial charge in [0.1, 0.15) is 0 Å². The first-order valence-electron chi connectivity index (χ1n) is 5.69. The van der Waals surface area contributed by atoms with E-state index in [0.29, 0.717) is 17.8 Å². The van der Waals surface area contributed by atoms with Gasteiger partial charge in [-0.2, -0.15) is 11.8 Å². The summed E-state index contributed by atoms with van der Waals surface area (Å²) < 4.78 is 4.63. The lowest BCUT2D eigenvalue weighted by atomic mass is 9.95. The number of ether oxygens (including phenoxy) is 1. The second-order valence-corrected chi connectivity index (χ2v) is 5.36. The van der Waals surface area contributed by atoms with Crippen LogP contribution in [0, 0.1) is 0 Å². The summed E-state index contributed by atoms with van der Waals surface area (Å²) in [6, 6.07) is 0.489. The number of carbonyl (C=O) groups excluding carboxylic acids is 1. The molecule has 15 heavy (non-hydrogen) atoms. The third-order valence-corrected chi connectivity index (χ3v) is 4.15. The van der Waals surface area contributed by atoms with Crippen molar-refractivity contribution in [2.24, 2.45) is 0 Å². The van der Waals surface area contributed by atoms with Crippen LogP contribution in [0.5, 0.6) is 0 Å². The van der Waals surface area contributed by atoms with Crippen molar-refractivity contribution in [1.29, 1.82) is 0 Å². The lowest BCUT2D eigenvalue weighted by molar-refractivity contribution is -0.139. The van der Waals surface area contributed by atoms with Crippen molar-refractivity contribution < 1.29 is 9.53 Å². The van der Waals surface area contributed by atoms with Crippen LogP contribution in [0.25, 0.3) is 0 Å². The van der Waals surface area contributed by atoms with E-state index in [-0.39, 0.29) is 5.97 Å². The first kappa shape index (κ1) is 12.8. The van der Waals surface area contributed by atoms with Gasteiger partial charge in [-0.25, -0.2) is 0 Å². The van der Waals surface area contributed by atoms with E-state index in [2.05, 4.69) is 17.0 Å². The number of methoxy groups -OCH3 is 1. The standard InChI is InChI=1S/C11H21NO2S/c1-3-15-10-7-5-4-6-9(10)12-8-11(13)14-2/h9-10,12H,3-8H2,1-2H3/t9-,10+/m0/s1. The molecular weight excluding hydrogens is 210 g/mol. The Hall–Kier alpha value is -0.220. The lowest BCUT2D eigenvalue weighted by Crippen LogP contribution is -2.43. The van der Waals surface area contributed by atoms with Crippen molar-refractivity contribution in [2.45, 2.75) is 43.9 Å². The van der Waals surface area contributed by atoms with Gasteiger partial charge in [-0.3, -0.25) is 4.79 Å². The predicted molar refractivity (Wildman–Crippen MR) is 64.2 cm³/mol. The number of rotatable bonds is 5. The number of carbonyl (C=O) groups is 1. The van der Waals surface area contributed by atoms with Gasteiger partial charge in [0.2, 0.25) is 0 Å². The molecule has 1 aliphatic carbocycles. The van der Waals surface area contributed by atoms with Crippen LogP contribution in [-0.2, 0) is 9.53 Å². The molecule has 0 aromatic rings. The molecule has 0 heterocycles. The van der Waals surface area contributed by atoms with Crippen LogP contribution in [0.2, 0.25) is 0 Å². The molecule has 4 heteroatoms. The molecule has 0 amide bonds. The molecule has 88 valence electrons. The van der Waals surface area contributed by atoms with E-state index in [1.54, 1.807) is 0 Å². The van der Waals surface area contributed by atoms with Gasteiger partial charge in [-0.05, 0) is 18.6 Å². The SMILES string of the molecule is CCS[C@@H]1CCCC[C@@H]1NCC(=O)OC. The molecule has 0 radical (unpaired) electrons. The van der Waals surface area contributed by atoms with Crippen molar-refractivity contribution in [3.63, 3.8) is 0 Å². The van der Waals surface area contributed by atoms with Crippen LogP contribution in [0.15, 0.2) is 0 Å². The largest absolute Gasteiger partial charge is 0.468 e. The molecule has 0 saturated heterocycles. The summed E-state index contributed by atoms with van der Waals surface area (Å²) in [4.78, 5) is 11.0. The third kappa shape index (κ3) is 4.43. The van der Waals surface area contributed by atoms with Crippen LogP contribution < -0.4 is 5.32 Å². The summed E-state index contributed by atoms with van der Waals surface area (Å²) in [6.45, 7) is 2.54. The quantitative estimate of drug-likeness (QED) is 0.732. The fourth-order valence-electron chi connectivity index (χ4n) is 2.03. The van der Waals surface area contributed by atoms with Crippen LogP contribution >= 0.6 is 11.8 Å². The summed E-state index contributed by atoms with van der Waals surface area (Å²) in [5.41, 5.74) is 0. The van der Waals surface area contributed by atoms with Gasteiger partial charge in [0, 0.05) is 11.3 Å². The van der Waals surface area contributed by atoms with E-state index in [0.717, 1.165) is 5.75 Å². The summed E-state index contributed by atoms with van der Waals surface area (Å²) in [7, 11) is 1.43. The van der Waals surface area contributed by atoms with Gasteiger partial charge in [0.15, 0.2) is 0 Å². The minimum absolute atomic E-state index is 0.166. The molecule has 0 spiro atoms. The molecule has 1 saturated carbocycles. The van der Waals surface area contributed by atoms with Crippen LogP contribution in [-0.4, -0.2) is 36.7 Å². The molecule has 2 atom stereocenters. The molecule has 1 N–H and O–H groups in total. The molecule has 0 bridgehead atoms. The highest BCUT2D eigenvalue weighted by molar-refractivity contribution is 7.99. The zero-order chi connectivity index (χ0) is 11.1. The summed E-state index contributed by atoms with van der Waals surface area (Å²) in [5, 5.41) is 3.99. The number of esters is 1. The molecule has 1 fully saturated rings.